The number of amides is 1. The largest absolute Gasteiger partial charge is 0.481 e. The Hall–Kier alpha value is -1.06. The second-order valence-corrected chi connectivity index (χ2v) is 5.98. The fourth-order valence-electron chi connectivity index (χ4n) is 1.31. The highest BCUT2D eigenvalue weighted by atomic mass is 16.4. The SMILES string of the molecule is CC(CNC(=O)CC(C)C(C)(C)C)CC(=O)O. The minimum atomic E-state index is -0.824. The fourth-order valence-corrected chi connectivity index (χ4v) is 1.31. The van der Waals surface area contributed by atoms with Gasteiger partial charge in [0.15, 0.2) is 0 Å². The van der Waals surface area contributed by atoms with Crippen LogP contribution in [-0.2, 0) is 9.59 Å². The van der Waals surface area contributed by atoms with Crippen LogP contribution in [0.3, 0.4) is 0 Å². The van der Waals surface area contributed by atoms with E-state index in [0.717, 1.165) is 0 Å². The van der Waals surface area contributed by atoms with E-state index in [1.54, 1.807) is 0 Å². The first-order valence-corrected chi connectivity index (χ1v) is 6.11. The lowest BCUT2D eigenvalue weighted by atomic mass is 9.80. The van der Waals surface area contributed by atoms with E-state index in [1.165, 1.54) is 0 Å². The lowest BCUT2D eigenvalue weighted by Gasteiger charge is -2.26. The highest BCUT2D eigenvalue weighted by Gasteiger charge is 2.22. The molecule has 0 saturated heterocycles. The Kier molecular flexibility index (Phi) is 6.21. The summed E-state index contributed by atoms with van der Waals surface area (Å²) in [7, 11) is 0. The summed E-state index contributed by atoms with van der Waals surface area (Å²) in [4.78, 5) is 22.1. The Labute approximate surface area is 104 Å². The van der Waals surface area contributed by atoms with E-state index in [0.29, 0.717) is 18.9 Å². The monoisotopic (exact) mass is 243 g/mol. The second-order valence-electron chi connectivity index (χ2n) is 5.98. The van der Waals surface area contributed by atoms with Crippen molar-refractivity contribution in [3.8, 4) is 0 Å². The van der Waals surface area contributed by atoms with Gasteiger partial charge < -0.3 is 10.4 Å². The number of carbonyl (C=O) groups excluding carboxylic acids is 1. The van der Waals surface area contributed by atoms with Gasteiger partial charge in [-0.3, -0.25) is 9.59 Å². The van der Waals surface area contributed by atoms with Crippen LogP contribution >= 0.6 is 0 Å². The van der Waals surface area contributed by atoms with E-state index in [1.807, 2.05) is 6.92 Å². The molecule has 0 spiro atoms. The number of hydrogen-bond acceptors (Lipinski definition) is 2. The van der Waals surface area contributed by atoms with Gasteiger partial charge in [-0.2, -0.15) is 0 Å². The van der Waals surface area contributed by atoms with Crippen molar-refractivity contribution in [3.05, 3.63) is 0 Å². The van der Waals surface area contributed by atoms with Gasteiger partial charge in [-0.25, -0.2) is 0 Å². The zero-order valence-corrected chi connectivity index (χ0v) is 11.5. The number of carboxylic acids is 1. The van der Waals surface area contributed by atoms with Crippen molar-refractivity contribution >= 4 is 11.9 Å². The molecule has 0 aromatic rings. The standard InChI is InChI=1S/C13H25NO3/c1-9(6-12(16)17)8-14-11(15)7-10(2)13(3,4)5/h9-10H,6-8H2,1-5H3,(H,14,15)(H,16,17). The second kappa shape index (κ2) is 6.62. The molecule has 0 saturated carbocycles. The molecular weight excluding hydrogens is 218 g/mol. The van der Waals surface area contributed by atoms with Gasteiger partial charge in [0.05, 0.1) is 0 Å². The molecule has 0 aromatic heterocycles. The number of rotatable bonds is 6. The molecule has 0 aliphatic carbocycles. The molecule has 2 unspecified atom stereocenters. The van der Waals surface area contributed by atoms with Crippen LogP contribution in [0.1, 0.15) is 47.5 Å². The third kappa shape index (κ3) is 7.77. The maximum Gasteiger partial charge on any atom is 0.303 e. The molecule has 2 atom stereocenters. The van der Waals surface area contributed by atoms with E-state index in [9.17, 15) is 9.59 Å². The average molecular weight is 243 g/mol. The van der Waals surface area contributed by atoms with Crippen LogP contribution in [0.25, 0.3) is 0 Å². The van der Waals surface area contributed by atoms with Crippen molar-refractivity contribution < 1.29 is 14.7 Å². The minimum Gasteiger partial charge on any atom is -0.481 e. The topological polar surface area (TPSA) is 66.4 Å². The zero-order chi connectivity index (χ0) is 13.6. The molecule has 4 nitrogen and oxygen atoms in total. The van der Waals surface area contributed by atoms with Crippen molar-refractivity contribution in [2.45, 2.75) is 47.5 Å². The molecule has 1 amide bonds. The van der Waals surface area contributed by atoms with Crippen LogP contribution in [0, 0.1) is 17.3 Å². The van der Waals surface area contributed by atoms with Crippen LogP contribution in [-0.4, -0.2) is 23.5 Å². The molecule has 100 valence electrons. The Morgan fingerprint density at radius 1 is 1.18 bits per heavy atom. The molecule has 17 heavy (non-hydrogen) atoms. The summed E-state index contributed by atoms with van der Waals surface area (Å²) in [6, 6.07) is 0. The Bertz CT molecular complexity index is 268. The molecule has 0 radical (unpaired) electrons. The number of carboxylic acid groups (broad SMARTS) is 1. The van der Waals surface area contributed by atoms with Crippen LogP contribution in [0.5, 0.6) is 0 Å². The average Bonchev–Trinajstić information content (AvgIpc) is 2.12. The van der Waals surface area contributed by atoms with Crippen LogP contribution in [0.4, 0.5) is 0 Å². The van der Waals surface area contributed by atoms with Gasteiger partial charge in [0.1, 0.15) is 0 Å². The van der Waals surface area contributed by atoms with Gasteiger partial charge in [0, 0.05) is 19.4 Å². The summed E-state index contributed by atoms with van der Waals surface area (Å²) < 4.78 is 0. The number of nitrogens with one attached hydrogen (secondary N) is 1. The van der Waals surface area contributed by atoms with Crippen LogP contribution < -0.4 is 5.32 Å². The normalized spacial score (nSPS) is 15.1. The lowest BCUT2D eigenvalue weighted by molar-refractivity contribution is -0.138. The minimum absolute atomic E-state index is 0.00432. The van der Waals surface area contributed by atoms with Gasteiger partial charge in [-0.15, -0.1) is 0 Å². The maximum absolute atomic E-state index is 11.6. The van der Waals surface area contributed by atoms with Gasteiger partial charge in [-0.05, 0) is 17.3 Å². The van der Waals surface area contributed by atoms with Gasteiger partial charge in [0.2, 0.25) is 5.91 Å². The Morgan fingerprint density at radius 2 is 1.71 bits per heavy atom. The van der Waals surface area contributed by atoms with Gasteiger partial charge in [0.25, 0.3) is 0 Å². The van der Waals surface area contributed by atoms with Crippen molar-refractivity contribution in [1.29, 1.82) is 0 Å². The summed E-state index contributed by atoms with van der Waals surface area (Å²) >= 11 is 0. The van der Waals surface area contributed by atoms with Crippen molar-refractivity contribution in [2.75, 3.05) is 6.54 Å². The van der Waals surface area contributed by atoms with Crippen LogP contribution in [0.2, 0.25) is 0 Å². The number of hydrogen-bond donors (Lipinski definition) is 2. The predicted molar refractivity (Wildman–Crippen MR) is 67.7 cm³/mol. The van der Waals surface area contributed by atoms with Crippen LogP contribution in [0.15, 0.2) is 0 Å². The first-order chi connectivity index (χ1) is 7.62. The first kappa shape index (κ1) is 15.9. The molecule has 0 aliphatic rings. The molecule has 0 heterocycles. The van der Waals surface area contributed by atoms with Gasteiger partial charge >= 0.3 is 5.97 Å². The Morgan fingerprint density at radius 3 is 2.12 bits per heavy atom. The van der Waals surface area contributed by atoms with Crippen molar-refractivity contribution in [1.82, 2.24) is 5.32 Å². The first-order valence-electron chi connectivity index (χ1n) is 6.11. The summed E-state index contributed by atoms with van der Waals surface area (Å²) in [6.45, 7) is 10.6. The molecule has 2 N–H and O–H groups in total. The highest BCUT2D eigenvalue weighted by molar-refractivity contribution is 5.76. The zero-order valence-electron chi connectivity index (χ0n) is 11.5. The molecule has 0 bridgehead atoms. The molecule has 0 aromatic carbocycles. The van der Waals surface area contributed by atoms with E-state index < -0.39 is 5.97 Å². The maximum atomic E-state index is 11.6. The fraction of sp³-hybridized carbons (Fsp3) is 0.846. The summed E-state index contributed by atoms with van der Waals surface area (Å²) in [5.74, 6) is -0.543. The van der Waals surface area contributed by atoms with E-state index >= 15 is 0 Å². The predicted octanol–water partition coefficient (Wildman–Crippen LogP) is 2.29. The molecule has 4 heteroatoms. The van der Waals surface area contributed by atoms with Gasteiger partial charge in [-0.1, -0.05) is 34.6 Å². The summed E-state index contributed by atoms with van der Waals surface area (Å²) in [5.41, 5.74) is 0.115. The Balaban J connectivity index is 3.92. The van der Waals surface area contributed by atoms with E-state index in [2.05, 4.69) is 33.0 Å². The third-order valence-corrected chi connectivity index (χ3v) is 3.14. The number of aliphatic carboxylic acids is 1. The highest BCUT2D eigenvalue weighted by Crippen LogP contribution is 2.27. The molecule has 0 fully saturated rings. The molecular formula is C13H25NO3. The summed E-state index contributed by atoms with van der Waals surface area (Å²) in [5, 5.41) is 11.4. The third-order valence-electron chi connectivity index (χ3n) is 3.14. The molecule has 0 rings (SSSR count). The van der Waals surface area contributed by atoms with Crippen molar-refractivity contribution in [2.24, 2.45) is 17.3 Å². The molecule has 0 aliphatic heterocycles. The van der Waals surface area contributed by atoms with E-state index in [4.69, 9.17) is 5.11 Å². The lowest BCUT2D eigenvalue weighted by Crippen LogP contribution is -2.32. The number of carbonyl (C=O) groups is 2. The van der Waals surface area contributed by atoms with E-state index in [-0.39, 0.29) is 23.7 Å². The quantitative estimate of drug-likeness (QED) is 0.752. The smallest absolute Gasteiger partial charge is 0.303 e. The summed E-state index contributed by atoms with van der Waals surface area (Å²) in [6.07, 6.45) is 0.582. The van der Waals surface area contributed by atoms with Crippen molar-refractivity contribution in [3.63, 3.8) is 0 Å².